The fourth-order valence-corrected chi connectivity index (χ4v) is 2.51. The molecule has 2 aromatic carbocycles. The van der Waals surface area contributed by atoms with E-state index in [1.54, 1.807) is 32.0 Å². The van der Waals surface area contributed by atoms with Crippen LogP contribution in [0.4, 0.5) is 0 Å². The highest BCUT2D eigenvalue weighted by Gasteiger charge is 2.16. The fourth-order valence-electron chi connectivity index (χ4n) is 2.21. The molecule has 126 valence electrons. The number of hydrogen-bond acceptors (Lipinski definition) is 4. The third-order valence-corrected chi connectivity index (χ3v) is 3.80. The van der Waals surface area contributed by atoms with E-state index in [0.717, 1.165) is 11.1 Å². The second-order valence-electron chi connectivity index (χ2n) is 5.41. The summed E-state index contributed by atoms with van der Waals surface area (Å²) in [5.74, 6) is -1.39. The summed E-state index contributed by atoms with van der Waals surface area (Å²) >= 11 is 6.08. The number of phenols is 1. The molecule has 0 aliphatic rings. The van der Waals surface area contributed by atoms with Crippen LogP contribution in [-0.2, 0) is 9.53 Å². The summed E-state index contributed by atoms with van der Waals surface area (Å²) in [7, 11) is 0. The first-order valence-corrected chi connectivity index (χ1v) is 7.77. The van der Waals surface area contributed by atoms with Crippen LogP contribution in [0, 0.1) is 6.92 Å². The normalized spacial score (nSPS) is 11.6. The lowest BCUT2D eigenvalue weighted by molar-refractivity contribution is -0.124. The van der Waals surface area contributed by atoms with Crippen molar-refractivity contribution in [2.24, 2.45) is 0 Å². The average Bonchev–Trinajstić information content (AvgIpc) is 2.53. The molecule has 2 rings (SSSR count). The molecule has 2 aromatic rings. The minimum atomic E-state index is -0.756. The molecule has 0 aromatic heterocycles. The van der Waals surface area contributed by atoms with Crippen LogP contribution in [0.15, 0.2) is 42.5 Å². The van der Waals surface area contributed by atoms with Gasteiger partial charge in [0.2, 0.25) is 0 Å². The van der Waals surface area contributed by atoms with Gasteiger partial charge in [-0.05, 0) is 43.2 Å². The molecule has 0 saturated heterocycles. The van der Waals surface area contributed by atoms with Crippen LogP contribution in [-0.4, -0.2) is 23.6 Å². The fraction of sp³-hybridized carbons (Fsp3) is 0.222. The number of carbonyl (C=O) groups excluding carboxylic acids is 2. The number of halogens is 1. The van der Waals surface area contributed by atoms with Crippen LogP contribution in [0.25, 0.3) is 0 Å². The van der Waals surface area contributed by atoms with Gasteiger partial charge in [-0.1, -0.05) is 35.9 Å². The molecule has 0 fully saturated rings. The number of esters is 1. The lowest BCUT2D eigenvalue weighted by Gasteiger charge is -2.15. The molecule has 0 aliphatic heterocycles. The van der Waals surface area contributed by atoms with E-state index in [1.807, 2.05) is 12.1 Å². The summed E-state index contributed by atoms with van der Waals surface area (Å²) in [4.78, 5) is 23.8. The molecule has 0 bridgehead atoms. The van der Waals surface area contributed by atoms with Gasteiger partial charge in [0, 0.05) is 5.02 Å². The molecular weight excluding hydrogens is 330 g/mol. The lowest BCUT2D eigenvalue weighted by Crippen LogP contribution is -2.31. The van der Waals surface area contributed by atoms with E-state index in [4.69, 9.17) is 16.3 Å². The van der Waals surface area contributed by atoms with Crippen LogP contribution in [0.3, 0.4) is 0 Å². The molecule has 0 unspecified atom stereocenters. The number of carbonyl (C=O) groups is 2. The van der Waals surface area contributed by atoms with Gasteiger partial charge >= 0.3 is 5.97 Å². The summed E-state index contributed by atoms with van der Waals surface area (Å²) in [5, 5.41) is 13.0. The van der Waals surface area contributed by atoms with E-state index in [0.29, 0.717) is 5.02 Å². The number of hydrogen-bond donors (Lipinski definition) is 2. The summed E-state index contributed by atoms with van der Waals surface area (Å²) in [6.45, 7) is 3.13. The smallest absolute Gasteiger partial charge is 0.342 e. The molecule has 1 atom stereocenters. The largest absolute Gasteiger partial charge is 0.507 e. The molecule has 1 amide bonds. The van der Waals surface area contributed by atoms with Gasteiger partial charge in [0.15, 0.2) is 6.61 Å². The number of benzene rings is 2. The number of phenolic OH excluding ortho intramolecular Hbond substituents is 1. The van der Waals surface area contributed by atoms with E-state index in [2.05, 4.69) is 5.32 Å². The predicted molar refractivity (Wildman–Crippen MR) is 91.1 cm³/mol. The molecule has 2 N–H and O–H groups in total. The van der Waals surface area contributed by atoms with Crippen molar-refractivity contribution in [3.05, 3.63) is 64.2 Å². The van der Waals surface area contributed by atoms with Gasteiger partial charge in [-0.25, -0.2) is 4.79 Å². The van der Waals surface area contributed by atoms with Crippen LogP contribution in [0.5, 0.6) is 5.75 Å². The Morgan fingerprint density at radius 2 is 1.96 bits per heavy atom. The van der Waals surface area contributed by atoms with Gasteiger partial charge in [0.1, 0.15) is 11.3 Å². The number of nitrogens with one attached hydrogen (secondary N) is 1. The standard InChI is InChI=1S/C18H18ClNO4/c1-11-7-8-14(16(21)9-11)18(23)24-10-17(22)20-12(2)13-5-3-4-6-15(13)19/h3-9,12,21H,10H2,1-2H3,(H,20,22)/t12-/m1/s1. The second-order valence-corrected chi connectivity index (χ2v) is 5.81. The molecule has 24 heavy (non-hydrogen) atoms. The Morgan fingerprint density at radius 3 is 2.62 bits per heavy atom. The van der Waals surface area contributed by atoms with Crippen LogP contribution in [0.1, 0.15) is 34.5 Å². The maximum Gasteiger partial charge on any atom is 0.342 e. The summed E-state index contributed by atoms with van der Waals surface area (Å²) in [6, 6.07) is 11.4. The highest BCUT2D eigenvalue weighted by atomic mass is 35.5. The Labute approximate surface area is 145 Å². The minimum Gasteiger partial charge on any atom is -0.507 e. The minimum absolute atomic E-state index is 0.0209. The van der Waals surface area contributed by atoms with E-state index < -0.39 is 18.5 Å². The van der Waals surface area contributed by atoms with Crippen LogP contribution < -0.4 is 5.32 Å². The Bertz CT molecular complexity index is 760. The number of rotatable bonds is 5. The molecule has 0 aliphatic carbocycles. The topological polar surface area (TPSA) is 75.6 Å². The van der Waals surface area contributed by atoms with Crippen LogP contribution >= 0.6 is 11.6 Å². The Morgan fingerprint density at radius 1 is 1.25 bits per heavy atom. The van der Waals surface area contributed by atoms with Crippen molar-refractivity contribution in [3.8, 4) is 5.75 Å². The Hall–Kier alpha value is -2.53. The number of aromatic hydroxyl groups is 1. The van der Waals surface area contributed by atoms with Crippen molar-refractivity contribution in [3.63, 3.8) is 0 Å². The third kappa shape index (κ3) is 4.49. The van der Waals surface area contributed by atoms with E-state index in [1.165, 1.54) is 12.1 Å². The maximum atomic E-state index is 11.9. The molecule has 5 nitrogen and oxygen atoms in total. The monoisotopic (exact) mass is 347 g/mol. The summed E-state index contributed by atoms with van der Waals surface area (Å²) in [5.41, 5.74) is 1.61. The van der Waals surface area contributed by atoms with Gasteiger partial charge in [-0.3, -0.25) is 4.79 Å². The second kappa shape index (κ2) is 7.84. The van der Waals surface area contributed by atoms with Gasteiger partial charge in [-0.15, -0.1) is 0 Å². The van der Waals surface area contributed by atoms with Crippen LogP contribution in [0.2, 0.25) is 5.02 Å². The van der Waals surface area contributed by atoms with E-state index >= 15 is 0 Å². The highest BCUT2D eigenvalue weighted by Crippen LogP contribution is 2.22. The quantitative estimate of drug-likeness (QED) is 0.813. The lowest BCUT2D eigenvalue weighted by atomic mass is 10.1. The van der Waals surface area contributed by atoms with Crippen molar-refractivity contribution in [1.82, 2.24) is 5.32 Å². The number of amides is 1. The van der Waals surface area contributed by atoms with Gasteiger partial charge < -0.3 is 15.2 Å². The van der Waals surface area contributed by atoms with Crippen molar-refractivity contribution in [2.45, 2.75) is 19.9 Å². The van der Waals surface area contributed by atoms with Crippen molar-refractivity contribution in [2.75, 3.05) is 6.61 Å². The molecule has 6 heteroatoms. The summed E-state index contributed by atoms with van der Waals surface area (Å²) in [6.07, 6.45) is 0. The van der Waals surface area contributed by atoms with Gasteiger partial charge in [0.25, 0.3) is 5.91 Å². The SMILES string of the molecule is Cc1ccc(C(=O)OCC(=O)N[C@H](C)c2ccccc2Cl)c(O)c1. The number of aryl methyl sites for hydroxylation is 1. The zero-order valence-electron chi connectivity index (χ0n) is 13.4. The third-order valence-electron chi connectivity index (χ3n) is 3.46. The first kappa shape index (κ1) is 17.8. The molecule has 0 heterocycles. The zero-order valence-corrected chi connectivity index (χ0v) is 14.1. The molecule has 0 radical (unpaired) electrons. The van der Waals surface area contributed by atoms with Crippen molar-refractivity contribution < 1.29 is 19.4 Å². The Kier molecular flexibility index (Phi) is 5.82. The average molecular weight is 348 g/mol. The van der Waals surface area contributed by atoms with Crippen molar-refractivity contribution >= 4 is 23.5 Å². The first-order chi connectivity index (χ1) is 11.4. The highest BCUT2D eigenvalue weighted by molar-refractivity contribution is 6.31. The van der Waals surface area contributed by atoms with E-state index in [-0.39, 0.29) is 17.4 Å². The molecular formula is C18H18ClNO4. The Balaban J connectivity index is 1.91. The molecule has 0 spiro atoms. The molecule has 0 saturated carbocycles. The van der Waals surface area contributed by atoms with Crippen molar-refractivity contribution in [1.29, 1.82) is 0 Å². The van der Waals surface area contributed by atoms with Gasteiger partial charge in [-0.2, -0.15) is 0 Å². The number of ether oxygens (including phenoxy) is 1. The first-order valence-electron chi connectivity index (χ1n) is 7.39. The summed E-state index contributed by atoms with van der Waals surface area (Å²) < 4.78 is 4.93. The zero-order chi connectivity index (χ0) is 17.7. The maximum absolute atomic E-state index is 11.9. The van der Waals surface area contributed by atoms with Gasteiger partial charge in [0.05, 0.1) is 6.04 Å². The van der Waals surface area contributed by atoms with E-state index in [9.17, 15) is 14.7 Å². The predicted octanol–water partition coefficient (Wildman–Crippen LogP) is 3.39.